The quantitative estimate of drug-likeness (QED) is 0.697. The van der Waals surface area contributed by atoms with Crippen molar-refractivity contribution in [2.45, 2.75) is 0 Å². The Hall–Kier alpha value is -2.01. The summed E-state index contributed by atoms with van der Waals surface area (Å²) in [5.41, 5.74) is 6.37. The van der Waals surface area contributed by atoms with Crippen LogP contribution in [-0.2, 0) is 0 Å². The van der Waals surface area contributed by atoms with Gasteiger partial charge in [-0.2, -0.15) is 0 Å². The van der Waals surface area contributed by atoms with Gasteiger partial charge in [0.15, 0.2) is 0 Å². The van der Waals surface area contributed by atoms with E-state index in [1.54, 1.807) is 18.3 Å². The maximum Gasteiger partial charge on any atom is 0.259 e. The molecule has 5 nitrogen and oxygen atoms in total. The molecule has 0 unspecified atom stereocenters. The van der Waals surface area contributed by atoms with Crippen molar-refractivity contribution in [3.8, 4) is 0 Å². The lowest BCUT2D eigenvalue weighted by atomic mass is 10.2. The van der Waals surface area contributed by atoms with E-state index in [-0.39, 0.29) is 5.91 Å². The normalized spacial score (nSPS) is 10.1. The summed E-state index contributed by atoms with van der Waals surface area (Å²) in [5.74, 6) is 0.00995. The van der Waals surface area contributed by atoms with Gasteiger partial charge in [0, 0.05) is 18.1 Å². The van der Waals surface area contributed by atoms with Crippen LogP contribution in [0.5, 0.6) is 0 Å². The molecule has 0 aliphatic heterocycles. The van der Waals surface area contributed by atoms with Gasteiger partial charge in [0.1, 0.15) is 0 Å². The number of hydrogen-bond donors (Lipinski definition) is 3. The molecule has 1 amide bonds. The molecule has 16 heavy (non-hydrogen) atoms. The highest BCUT2D eigenvalue weighted by atomic mass is 35.5. The Morgan fingerprint density at radius 3 is 3.00 bits per heavy atom. The minimum absolute atomic E-state index is 0.318. The summed E-state index contributed by atoms with van der Waals surface area (Å²) in [7, 11) is 0. The number of carbonyl (C=O) groups excluding carboxylic acids is 1. The van der Waals surface area contributed by atoms with Gasteiger partial charge in [-0.05, 0) is 18.2 Å². The summed E-state index contributed by atoms with van der Waals surface area (Å²) in [6, 6.07) is 4.72. The Morgan fingerprint density at radius 2 is 2.31 bits per heavy atom. The van der Waals surface area contributed by atoms with Gasteiger partial charge in [-0.25, -0.2) is 4.98 Å². The summed E-state index contributed by atoms with van der Waals surface area (Å²) in [4.78, 5) is 18.4. The van der Waals surface area contributed by atoms with Crippen LogP contribution < -0.4 is 11.1 Å². The van der Waals surface area contributed by atoms with E-state index in [1.807, 2.05) is 0 Å². The first-order chi connectivity index (χ1) is 7.66. The minimum atomic E-state index is -0.354. The number of nitrogens with two attached hydrogens (primary N) is 1. The molecule has 0 saturated heterocycles. The zero-order chi connectivity index (χ0) is 11.5. The lowest BCUT2D eigenvalue weighted by Crippen LogP contribution is -2.13. The van der Waals surface area contributed by atoms with E-state index in [0.29, 0.717) is 22.2 Å². The molecule has 0 atom stereocenters. The molecule has 0 aliphatic carbocycles. The molecule has 0 radical (unpaired) electrons. The third-order valence-electron chi connectivity index (χ3n) is 1.97. The van der Waals surface area contributed by atoms with E-state index in [4.69, 9.17) is 17.3 Å². The molecule has 2 rings (SSSR count). The molecular weight excluding hydrogens is 228 g/mol. The second-order valence-corrected chi connectivity index (χ2v) is 3.54. The number of anilines is 2. The number of H-pyrrole nitrogens is 1. The predicted octanol–water partition coefficient (Wildman–Crippen LogP) is 1.90. The molecule has 2 aromatic rings. The molecule has 0 bridgehead atoms. The average Bonchev–Trinajstić information content (AvgIpc) is 2.74. The number of halogens is 1. The SMILES string of the molecule is Nc1ccc(Cl)c(C(=O)Nc2ncc[nH]2)c1. The fourth-order valence-corrected chi connectivity index (χ4v) is 1.43. The van der Waals surface area contributed by atoms with Gasteiger partial charge in [0.25, 0.3) is 5.91 Å². The van der Waals surface area contributed by atoms with Crippen molar-refractivity contribution in [1.29, 1.82) is 0 Å². The molecule has 0 fully saturated rings. The molecule has 0 saturated carbocycles. The highest BCUT2D eigenvalue weighted by molar-refractivity contribution is 6.34. The highest BCUT2D eigenvalue weighted by Crippen LogP contribution is 2.19. The predicted molar refractivity (Wildman–Crippen MR) is 62.4 cm³/mol. The lowest BCUT2D eigenvalue weighted by Gasteiger charge is -2.04. The maximum absolute atomic E-state index is 11.8. The van der Waals surface area contributed by atoms with E-state index in [9.17, 15) is 4.79 Å². The number of amides is 1. The maximum atomic E-state index is 11.8. The van der Waals surface area contributed by atoms with E-state index in [0.717, 1.165) is 0 Å². The molecule has 82 valence electrons. The smallest absolute Gasteiger partial charge is 0.259 e. The van der Waals surface area contributed by atoms with Crippen molar-refractivity contribution in [2.24, 2.45) is 0 Å². The fraction of sp³-hybridized carbons (Fsp3) is 0. The molecule has 1 aromatic carbocycles. The number of carbonyl (C=O) groups is 1. The van der Waals surface area contributed by atoms with Gasteiger partial charge in [0.2, 0.25) is 5.95 Å². The number of benzene rings is 1. The van der Waals surface area contributed by atoms with Crippen LogP contribution in [0.15, 0.2) is 30.6 Å². The van der Waals surface area contributed by atoms with Gasteiger partial charge >= 0.3 is 0 Å². The standard InChI is InChI=1S/C10H9ClN4O/c11-8-2-1-6(12)5-7(8)9(16)15-10-13-3-4-14-10/h1-5H,12H2,(H2,13,14,15,16). The lowest BCUT2D eigenvalue weighted by molar-refractivity contribution is 0.102. The van der Waals surface area contributed by atoms with E-state index < -0.39 is 0 Å². The Kier molecular flexibility index (Phi) is 2.78. The van der Waals surface area contributed by atoms with E-state index in [1.165, 1.54) is 12.3 Å². The molecule has 1 aromatic heterocycles. The molecule has 0 spiro atoms. The minimum Gasteiger partial charge on any atom is -0.399 e. The van der Waals surface area contributed by atoms with Crippen LogP contribution in [-0.4, -0.2) is 15.9 Å². The monoisotopic (exact) mass is 236 g/mol. The number of rotatable bonds is 2. The third kappa shape index (κ3) is 2.14. The van der Waals surface area contributed by atoms with Crippen molar-refractivity contribution in [2.75, 3.05) is 11.1 Å². The fourth-order valence-electron chi connectivity index (χ4n) is 1.23. The summed E-state index contributed by atoms with van der Waals surface area (Å²) >= 11 is 5.88. The molecule has 6 heteroatoms. The van der Waals surface area contributed by atoms with Gasteiger partial charge in [-0.1, -0.05) is 11.6 Å². The zero-order valence-corrected chi connectivity index (χ0v) is 8.95. The number of nitrogens with one attached hydrogen (secondary N) is 2. The van der Waals surface area contributed by atoms with Gasteiger partial charge in [-0.3, -0.25) is 10.1 Å². The largest absolute Gasteiger partial charge is 0.399 e. The first kappa shape index (κ1) is 10.5. The molecule has 1 heterocycles. The van der Waals surface area contributed by atoms with Crippen LogP contribution in [0.1, 0.15) is 10.4 Å². The summed E-state index contributed by atoms with van der Waals surface area (Å²) in [5, 5.41) is 2.91. The van der Waals surface area contributed by atoms with Crippen LogP contribution in [0.25, 0.3) is 0 Å². The molecular formula is C10H9ClN4O. The van der Waals surface area contributed by atoms with Crippen LogP contribution in [0, 0.1) is 0 Å². The zero-order valence-electron chi connectivity index (χ0n) is 8.20. The number of nitrogens with zero attached hydrogens (tertiary/aromatic N) is 1. The second kappa shape index (κ2) is 4.24. The van der Waals surface area contributed by atoms with Gasteiger partial charge < -0.3 is 10.7 Å². The van der Waals surface area contributed by atoms with Crippen LogP contribution in [0.3, 0.4) is 0 Å². The number of hydrogen-bond acceptors (Lipinski definition) is 3. The van der Waals surface area contributed by atoms with Crippen molar-refractivity contribution in [3.63, 3.8) is 0 Å². The number of aromatic amines is 1. The summed E-state index contributed by atoms with van der Waals surface area (Å²) in [6.45, 7) is 0. The van der Waals surface area contributed by atoms with Crippen LogP contribution in [0.2, 0.25) is 5.02 Å². The summed E-state index contributed by atoms with van der Waals surface area (Å²) < 4.78 is 0. The van der Waals surface area contributed by atoms with E-state index >= 15 is 0 Å². The Balaban J connectivity index is 2.24. The molecule has 4 N–H and O–H groups in total. The van der Waals surface area contributed by atoms with Crippen LogP contribution >= 0.6 is 11.6 Å². The Morgan fingerprint density at radius 1 is 1.50 bits per heavy atom. The van der Waals surface area contributed by atoms with Gasteiger partial charge in [-0.15, -0.1) is 0 Å². The Labute approximate surface area is 96.6 Å². The van der Waals surface area contributed by atoms with Crippen molar-refractivity contribution in [1.82, 2.24) is 9.97 Å². The highest BCUT2D eigenvalue weighted by Gasteiger charge is 2.11. The second-order valence-electron chi connectivity index (χ2n) is 3.13. The first-order valence-electron chi connectivity index (χ1n) is 4.52. The number of nitrogen functional groups attached to an aromatic ring is 1. The first-order valence-corrected chi connectivity index (χ1v) is 4.90. The summed E-state index contributed by atoms with van der Waals surface area (Å²) in [6.07, 6.45) is 3.15. The third-order valence-corrected chi connectivity index (χ3v) is 2.29. The topological polar surface area (TPSA) is 83.8 Å². The average molecular weight is 237 g/mol. The van der Waals surface area contributed by atoms with Gasteiger partial charge in [0.05, 0.1) is 10.6 Å². The Bertz CT molecular complexity index is 510. The van der Waals surface area contributed by atoms with E-state index in [2.05, 4.69) is 15.3 Å². The van der Waals surface area contributed by atoms with Crippen molar-refractivity contribution in [3.05, 3.63) is 41.2 Å². The molecule has 0 aliphatic rings. The number of imidazole rings is 1. The van der Waals surface area contributed by atoms with Crippen molar-refractivity contribution >= 4 is 29.1 Å². The van der Waals surface area contributed by atoms with Crippen molar-refractivity contribution < 1.29 is 4.79 Å². The van der Waals surface area contributed by atoms with Crippen LogP contribution in [0.4, 0.5) is 11.6 Å². The number of aromatic nitrogens is 2.